The first-order valence-corrected chi connectivity index (χ1v) is 6.52. The fourth-order valence-electron chi connectivity index (χ4n) is 2.59. The van der Waals surface area contributed by atoms with Crippen LogP contribution in [0.25, 0.3) is 0 Å². The Morgan fingerprint density at radius 3 is 2.56 bits per heavy atom. The molecule has 18 heavy (non-hydrogen) atoms. The lowest BCUT2D eigenvalue weighted by atomic mass is 10.0. The van der Waals surface area contributed by atoms with Crippen molar-refractivity contribution in [2.24, 2.45) is 0 Å². The molecule has 94 valence electrons. The Bertz CT molecular complexity index is 458. The van der Waals surface area contributed by atoms with Crippen LogP contribution in [-0.4, -0.2) is 32.8 Å². The van der Waals surface area contributed by atoms with E-state index >= 15 is 0 Å². The second-order valence-electron chi connectivity index (χ2n) is 4.85. The van der Waals surface area contributed by atoms with Gasteiger partial charge in [-0.2, -0.15) is 5.10 Å². The molecule has 0 spiro atoms. The van der Waals surface area contributed by atoms with Gasteiger partial charge in [0.2, 0.25) is 0 Å². The fourth-order valence-corrected chi connectivity index (χ4v) is 2.59. The van der Waals surface area contributed by atoms with E-state index in [1.54, 1.807) is 0 Å². The third kappa shape index (κ3) is 2.59. The van der Waals surface area contributed by atoms with E-state index in [0.29, 0.717) is 6.04 Å². The number of aromatic nitrogens is 3. The number of rotatable bonds is 3. The van der Waals surface area contributed by atoms with Crippen molar-refractivity contribution in [3.8, 4) is 0 Å². The highest BCUT2D eigenvalue weighted by atomic mass is 15.3. The molecule has 2 aromatic rings. The number of likely N-dealkylation sites (tertiary alicyclic amines) is 1. The normalized spacial score (nSPS) is 18.0. The number of hydrogen-bond donors (Lipinski definition) is 0. The summed E-state index contributed by atoms with van der Waals surface area (Å²) >= 11 is 0. The summed E-state index contributed by atoms with van der Waals surface area (Å²) < 4.78 is 2.10. The summed E-state index contributed by atoms with van der Waals surface area (Å²) in [4.78, 5) is 6.56. The van der Waals surface area contributed by atoms with Crippen molar-refractivity contribution in [2.75, 3.05) is 13.1 Å². The van der Waals surface area contributed by atoms with Crippen LogP contribution >= 0.6 is 0 Å². The van der Waals surface area contributed by atoms with Gasteiger partial charge >= 0.3 is 0 Å². The molecule has 1 fully saturated rings. The summed E-state index contributed by atoms with van der Waals surface area (Å²) in [6, 6.07) is 6.77. The topological polar surface area (TPSA) is 34.0 Å². The number of piperidine rings is 1. The standard InChI is InChI=1S/C14H18N4/c1-6-16-18(9-1)14-4-10-17(11-5-14)12-13-2-7-15-8-3-13/h1-3,6-9,14H,4-5,10-12H2. The highest BCUT2D eigenvalue weighted by molar-refractivity contribution is 5.09. The molecular formula is C14H18N4. The predicted octanol–water partition coefficient (Wildman–Crippen LogP) is 2.12. The van der Waals surface area contributed by atoms with Crippen molar-refractivity contribution in [1.82, 2.24) is 19.7 Å². The molecular weight excluding hydrogens is 224 g/mol. The van der Waals surface area contributed by atoms with Gasteiger partial charge in [-0.05, 0) is 36.6 Å². The lowest BCUT2D eigenvalue weighted by molar-refractivity contribution is 0.173. The molecule has 0 N–H and O–H groups in total. The van der Waals surface area contributed by atoms with Gasteiger partial charge in [-0.1, -0.05) is 0 Å². The average Bonchev–Trinajstić information content (AvgIpc) is 2.95. The second-order valence-corrected chi connectivity index (χ2v) is 4.85. The molecule has 0 amide bonds. The average molecular weight is 242 g/mol. The molecule has 1 aliphatic heterocycles. The summed E-state index contributed by atoms with van der Waals surface area (Å²) in [6.45, 7) is 3.33. The smallest absolute Gasteiger partial charge is 0.0543 e. The summed E-state index contributed by atoms with van der Waals surface area (Å²) in [5.41, 5.74) is 1.35. The zero-order valence-corrected chi connectivity index (χ0v) is 10.4. The van der Waals surface area contributed by atoms with Gasteiger partial charge in [0.25, 0.3) is 0 Å². The Labute approximate surface area is 107 Å². The van der Waals surface area contributed by atoms with E-state index < -0.39 is 0 Å². The summed E-state index contributed by atoms with van der Waals surface area (Å²) in [6.07, 6.45) is 10.0. The van der Waals surface area contributed by atoms with Crippen LogP contribution in [0.2, 0.25) is 0 Å². The third-order valence-corrected chi connectivity index (χ3v) is 3.61. The highest BCUT2D eigenvalue weighted by Gasteiger charge is 2.20. The van der Waals surface area contributed by atoms with Gasteiger partial charge in [0, 0.05) is 44.4 Å². The van der Waals surface area contributed by atoms with E-state index in [1.165, 1.54) is 18.4 Å². The van der Waals surface area contributed by atoms with Crippen molar-refractivity contribution in [3.63, 3.8) is 0 Å². The molecule has 3 rings (SSSR count). The largest absolute Gasteiger partial charge is 0.299 e. The van der Waals surface area contributed by atoms with Crippen molar-refractivity contribution < 1.29 is 0 Å². The Morgan fingerprint density at radius 2 is 1.89 bits per heavy atom. The van der Waals surface area contributed by atoms with Crippen molar-refractivity contribution in [1.29, 1.82) is 0 Å². The first-order valence-electron chi connectivity index (χ1n) is 6.52. The van der Waals surface area contributed by atoms with Crippen LogP contribution in [0.3, 0.4) is 0 Å². The fraction of sp³-hybridized carbons (Fsp3) is 0.429. The quantitative estimate of drug-likeness (QED) is 0.826. The summed E-state index contributed by atoms with van der Waals surface area (Å²) in [7, 11) is 0. The molecule has 1 saturated heterocycles. The van der Waals surface area contributed by atoms with Gasteiger partial charge in [0.15, 0.2) is 0 Å². The Hall–Kier alpha value is -1.68. The molecule has 2 aromatic heterocycles. The monoisotopic (exact) mass is 242 g/mol. The van der Waals surface area contributed by atoms with Crippen LogP contribution in [0.5, 0.6) is 0 Å². The molecule has 4 nitrogen and oxygen atoms in total. The Balaban J connectivity index is 1.54. The Kier molecular flexibility index (Phi) is 3.37. The van der Waals surface area contributed by atoms with E-state index in [2.05, 4.69) is 38.0 Å². The van der Waals surface area contributed by atoms with Crippen LogP contribution in [0.4, 0.5) is 0 Å². The van der Waals surface area contributed by atoms with Crippen molar-refractivity contribution >= 4 is 0 Å². The van der Waals surface area contributed by atoms with Crippen LogP contribution in [0.1, 0.15) is 24.4 Å². The number of nitrogens with zero attached hydrogens (tertiary/aromatic N) is 4. The minimum Gasteiger partial charge on any atom is -0.299 e. The first kappa shape index (κ1) is 11.4. The van der Waals surface area contributed by atoms with Crippen LogP contribution in [0.15, 0.2) is 43.0 Å². The third-order valence-electron chi connectivity index (χ3n) is 3.61. The van der Waals surface area contributed by atoms with Gasteiger partial charge in [-0.3, -0.25) is 14.6 Å². The van der Waals surface area contributed by atoms with E-state index in [-0.39, 0.29) is 0 Å². The zero-order valence-electron chi connectivity index (χ0n) is 10.4. The zero-order chi connectivity index (χ0) is 12.2. The minimum atomic E-state index is 0.577. The molecule has 3 heterocycles. The summed E-state index contributed by atoms with van der Waals surface area (Å²) in [5, 5.41) is 4.34. The van der Waals surface area contributed by atoms with Gasteiger partial charge < -0.3 is 0 Å². The molecule has 0 radical (unpaired) electrons. The molecule has 0 aliphatic carbocycles. The van der Waals surface area contributed by atoms with E-state index in [4.69, 9.17) is 0 Å². The SMILES string of the molecule is c1cnn(C2CCN(Cc3ccncc3)CC2)c1. The van der Waals surface area contributed by atoms with Gasteiger partial charge in [-0.15, -0.1) is 0 Å². The molecule has 0 unspecified atom stereocenters. The first-order chi connectivity index (χ1) is 8.92. The molecule has 0 aromatic carbocycles. The lowest BCUT2D eigenvalue weighted by Crippen LogP contribution is -2.34. The molecule has 0 saturated carbocycles. The van der Waals surface area contributed by atoms with Gasteiger partial charge in [-0.25, -0.2) is 0 Å². The van der Waals surface area contributed by atoms with E-state index in [9.17, 15) is 0 Å². The molecule has 0 atom stereocenters. The minimum absolute atomic E-state index is 0.577. The van der Waals surface area contributed by atoms with Crippen LogP contribution in [-0.2, 0) is 6.54 Å². The summed E-state index contributed by atoms with van der Waals surface area (Å²) in [5.74, 6) is 0. The predicted molar refractivity (Wildman–Crippen MR) is 70.0 cm³/mol. The van der Waals surface area contributed by atoms with Crippen molar-refractivity contribution in [3.05, 3.63) is 48.5 Å². The van der Waals surface area contributed by atoms with E-state index in [1.807, 2.05) is 24.7 Å². The number of hydrogen-bond acceptors (Lipinski definition) is 3. The maximum Gasteiger partial charge on any atom is 0.0543 e. The van der Waals surface area contributed by atoms with Crippen LogP contribution in [0, 0.1) is 0 Å². The van der Waals surface area contributed by atoms with Crippen molar-refractivity contribution in [2.45, 2.75) is 25.4 Å². The molecule has 4 heteroatoms. The Morgan fingerprint density at radius 1 is 1.11 bits per heavy atom. The lowest BCUT2D eigenvalue weighted by Gasteiger charge is -2.32. The maximum atomic E-state index is 4.34. The number of pyridine rings is 1. The van der Waals surface area contributed by atoms with Gasteiger partial charge in [0.1, 0.15) is 0 Å². The second kappa shape index (κ2) is 5.31. The highest BCUT2D eigenvalue weighted by Crippen LogP contribution is 2.22. The maximum absolute atomic E-state index is 4.34. The molecule has 0 bridgehead atoms. The van der Waals surface area contributed by atoms with Crippen LogP contribution < -0.4 is 0 Å². The van der Waals surface area contributed by atoms with Gasteiger partial charge in [0.05, 0.1) is 6.04 Å². The molecule has 1 aliphatic rings. The van der Waals surface area contributed by atoms with E-state index in [0.717, 1.165) is 19.6 Å².